The van der Waals surface area contributed by atoms with E-state index in [1.165, 1.54) is 12.1 Å². The fraction of sp³-hybridized carbons (Fsp3) is 0.294. The number of ether oxygens (including phenoxy) is 1. The summed E-state index contributed by atoms with van der Waals surface area (Å²) in [5.74, 6) is 0.630. The van der Waals surface area contributed by atoms with Crippen LogP contribution in [0.3, 0.4) is 0 Å². The smallest absolute Gasteiger partial charge is 0.123 e. The monoisotopic (exact) mass is 273 g/mol. The number of hydrogen-bond acceptors (Lipinski definition) is 2. The predicted octanol–water partition coefficient (Wildman–Crippen LogP) is 3.69. The molecule has 0 spiro atoms. The van der Waals surface area contributed by atoms with Gasteiger partial charge in [0.15, 0.2) is 0 Å². The van der Waals surface area contributed by atoms with Crippen LogP contribution in [0.15, 0.2) is 36.4 Å². The second-order valence-electron chi connectivity index (χ2n) is 5.11. The normalized spacial score (nSPS) is 12.2. The lowest BCUT2D eigenvalue weighted by molar-refractivity contribution is 0.410. The molecule has 0 radical (unpaired) electrons. The third kappa shape index (κ3) is 3.17. The Kier molecular flexibility index (Phi) is 4.40. The van der Waals surface area contributed by atoms with E-state index < -0.39 is 0 Å². The van der Waals surface area contributed by atoms with Gasteiger partial charge >= 0.3 is 0 Å². The first-order valence-electron chi connectivity index (χ1n) is 6.66. The minimum Gasteiger partial charge on any atom is -0.496 e. The van der Waals surface area contributed by atoms with Crippen LogP contribution in [0.4, 0.5) is 4.39 Å². The number of hydrogen-bond donors (Lipinski definition) is 1. The molecule has 0 heterocycles. The molecule has 0 fully saturated rings. The fourth-order valence-corrected chi connectivity index (χ4v) is 2.31. The Morgan fingerprint density at radius 1 is 1.10 bits per heavy atom. The van der Waals surface area contributed by atoms with Crippen LogP contribution in [0.1, 0.15) is 28.3 Å². The molecule has 0 aromatic heterocycles. The van der Waals surface area contributed by atoms with Gasteiger partial charge in [-0.1, -0.05) is 18.2 Å². The lowest BCUT2D eigenvalue weighted by atomic mass is 9.96. The average molecular weight is 273 g/mol. The topological polar surface area (TPSA) is 35.2 Å². The van der Waals surface area contributed by atoms with Crippen LogP contribution in [0, 0.1) is 19.7 Å². The molecule has 2 aromatic rings. The SMILES string of the molecule is COc1cc(C(N)Cc2ccc(F)cc2C)ccc1C. The van der Waals surface area contributed by atoms with Gasteiger partial charge in [-0.25, -0.2) is 4.39 Å². The summed E-state index contributed by atoms with van der Waals surface area (Å²) in [5, 5.41) is 0. The Hall–Kier alpha value is -1.87. The van der Waals surface area contributed by atoms with E-state index in [2.05, 4.69) is 0 Å². The van der Waals surface area contributed by atoms with E-state index in [-0.39, 0.29) is 11.9 Å². The third-order valence-corrected chi connectivity index (χ3v) is 3.60. The van der Waals surface area contributed by atoms with Gasteiger partial charge in [0, 0.05) is 6.04 Å². The second kappa shape index (κ2) is 6.06. The summed E-state index contributed by atoms with van der Waals surface area (Å²) in [5.41, 5.74) is 10.4. The molecule has 0 bridgehead atoms. The highest BCUT2D eigenvalue weighted by molar-refractivity contribution is 5.38. The van der Waals surface area contributed by atoms with Gasteiger partial charge in [0.25, 0.3) is 0 Å². The molecule has 2 aromatic carbocycles. The first kappa shape index (κ1) is 14.5. The molecule has 2 nitrogen and oxygen atoms in total. The lowest BCUT2D eigenvalue weighted by Gasteiger charge is -2.16. The maximum Gasteiger partial charge on any atom is 0.123 e. The summed E-state index contributed by atoms with van der Waals surface area (Å²) in [6.45, 7) is 3.90. The van der Waals surface area contributed by atoms with Crippen molar-refractivity contribution in [2.75, 3.05) is 7.11 Å². The first-order chi connectivity index (χ1) is 9.51. The molecule has 2 N–H and O–H groups in total. The second-order valence-corrected chi connectivity index (χ2v) is 5.11. The van der Waals surface area contributed by atoms with Crippen LogP contribution in [0.5, 0.6) is 5.75 Å². The van der Waals surface area contributed by atoms with Crippen molar-refractivity contribution in [2.45, 2.75) is 26.3 Å². The Bertz CT molecular complexity index is 610. The molecule has 0 aliphatic carbocycles. The van der Waals surface area contributed by atoms with E-state index in [4.69, 9.17) is 10.5 Å². The van der Waals surface area contributed by atoms with Crippen molar-refractivity contribution in [1.82, 2.24) is 0 Å². The molecule has 106 valence electrons. The van der Waals surface area contributed by atoms with Crippen molar-refractivity contribution < 1.29 is 9.13 Å². The molecular weight excluding hydrogens is 253 g/mol. The number of nitrogens with two attached hydrogens (primary N) is 1. The van der Waals surface area contributed by atoms with E-state index in [1.807, 2.05) is 32.0 Å². The highest BCUT2D eigenvalue weighted by Crippen LogP contribution is 2.25. The van der Waals surface area contributed by atoms with Crippen LogP contribution in [0.25, 0.3) is 0 Å². The van der Waals surface area contributed by atoms with Gasteiger partial charge in [-0.05, 0) is 60.7 Å². The average Bonchev–Trinajstić information content (AvgIpc) is 2.42. The van der Waals surface area contributed by atoms with Crippen molar-refractivity contribution in [2.24, 2.45) is 5.73 Å². The van der Waals surface area contributed by atoms with Gasteiger partial charge in [0.2, 0.25) is 0 Å². The molecule has 1 atom stereocenters. The molecular formula is C17H20FNO. The fourth-order valence-electron chi connectivity index (χ4n) is 2.31. The highest BCUT2D eigenvalue weighted by atomic mass is 19.1. The molecule has 0 amide bonds. The van der Waals surface area contributed by atoms with E-state index in [9.17, 15) is 4.39 Å². The predicted molar refractivity (Wildman–Crippen MR) is 79.5 cm³/mol. The Morgan fingerprint density at radius 2 is 1.85 bits per heavy atom. The van der Waals surface area contributed by atoms with Gasteiger partial charge in [-0.3, -0.25) is 0 Å². The van der Waals surface area contributed by atoms with E-state index in [1.54, 1.807) is 13.2 Å². The summed E-state index contributed by atoms with van der Waals surface area (Å²) in [6, 6.07) is 10.7. The zero-order valence-electron chi connectivity index (χ0n) is 12.1. The Labute approximate surface area is 119 Å². The quantitative estimate of drug-likeness (QED) is 0.922. The summed E-state index contributed by atoms with van der Waals surface area (Å²) in [4.78, 5) is 0. The van der Waals surface area contributed by atoms with Gasteiger partial charge < -0.3 is 10.5 Å². The third-order valence-electron chi connectivity index (χ3n) is 3.60. The molecule has 20 heavy (non-hydrogen) atoms. The minimum atomic E-state index is -0.211. The molecule has 0 aliphatic rings. The van der Waals surface area contributed by atoms with Crippen molar-refractivity contribution in [3.8, 4) is 5.75 Å². The zero-order chi connectivity index (χ0) is 14.7. The summed E-state index contributed by atoms with van der Waals surface area (Å²) in [6.07, 6.45) is 0.679. The van der Waals surface area contributed by atoms with Gasteiger partial charge in [0.1, 0.15) is 11.6 Å². The first-order valence-corrected chi connectivity index (χ1v) is 6.66. The largest absolute Gasteiger partial charge is 0.496 e. The number of aryl methyl sites for hydroxylation is 2. The molecule has 0 saturated heterocycles. The van der Waals surface area contributed by atoms with Crippen molar-refractivity contribution >= 4 is 0 Å². The maximum absolute atomic E-state index is 13.1. The van der Waals surface area contributed by atoms with E-state index in [0.29, 0.717) is 6.42 Å². The van der Waals surface area contributed by atoms with Crippen LogP contribution in [-0.2, 0) is 6.42 Å². The molecule has 3 heteroatoms. The van der Waals surface area contributed by atoms with Gasteiger partial charge in [-0.2, -0.15) is 0 Å². The Morgan fingerprint density at radius 3 is 2.50 bits per heavy atom. The number of halogens is 1. The number of rotatable bonds is 4. The zero-order valence-corrected chi connectivity index (χ0v) is 12.1. The molecule has 1 unspecified atom stereocenters. The number of methoxy groups -OCH3 is 1. The molecule has 2 rings (SSSR count). The number of benzene rings is 2. The van der Waals surface area contributed by atoms with Crippen molar-refractivity contribution in [1.29, 1.82) is 0 Å². The van der Waals surface area contributed by atoms with Crippen molar-refractivity contribution in [3.63, 3.8) is 0 Å². The Balaban J connectivity index is 2.21. The van der Waals surface area contributed by atoms with E-state index >= 15 is 0 Å². The van der Waals surface area contributed by atoms with Gasteiger partial charge in [-0.15, -0.1) is 0 Å². The van der Waals surface area contributed by atoms with Crippen LogP contribution < -0.4 is 10.5 Å². The standard InChI is InChI=1S/C17H20FNO/c1-11-4-5-14(10-17(11)20-3)16(19)9-13-6-7-15(18)8-12(13)2/h4-8,10,16H,9,19H2,1-3H3. The van der Waals surface area contributed by atoms with E-state index in [0.717, 1.165) is 28.0 Å². The lowest BCUT2D eigenvalue weighted by Crippen LogP contribution is -2.14. The van der Waals surface area contributed by atoms with Crippen molar-refractivity contribution in [3.05, 3.63) is 64.5 Å². The van der Waals surface area contributed by atoms with Crippen LogP contribution in [0.2, 0.25) is 0 Å². The maximum atomic E-state index is 13.1. The molecule has 0 saturated carbocycles. The highest BCUT2D eigenvalue weighted by Gasteiger charge is 2.11. The summed E-state index contributed by atoms with van der Waals surface area (Å²) < 4.78 is 18.4. The van der Waals surface area contributed by atoms with Gasteiger partial charge in [0.05, 0.1) is 7.11 Å². The summed E-state index contributed by atoms with van der Waals surface area (Å²) >= 11 is 0. The van der Waals surface area contributed by atoms with Crippen LogP contribution in [-0.4, -0.2) is 7.11 Å². The molecule has 0 aliphatic heterocycles. The van der Waals surface area contributed by atoms with Crippen LogP contribution >= 0.6 is 0 Å². The minimum absolute atomic E-state index is 0.131. The summed E-state index contributed by atoms with van der Waals surface area (Å²) in [7, 11) is 1.65.